The molecule has 12 nitrogen and oxygen atoms in total. The number of aliphatic hydroxyl groups excluding tert-OH is 3. The molecule has 1 aromatic carbocycles. The van der Waals surface area contributed by atoms with Gasteiger partial charge in [-0.25, -0.2) is 9.59 Å². The number of methoxy groups -OCH3 is 1. The van der Waals surface area contributed by atoms with Crippen LogP contribution in [0.5, 0.6) is 5.75 Å². The molecule has 1 fully saturated rings. The van der Waals surface area contributed by atoms with E-state index in [4.69, 9.17) is 23.7 Å². The van der Waals surface area contributed by atoms with Gasteiger partial charge < -0.3 is 33.9 Å². The Morgan fingerprint density at radius 3 is 2.71 bits per heavy atom. The second kappa shape index (κ2) is 9.58. The van der Waals surface area contributed by atoms with Gasteiger partial charge in [-0.2, -0.15) is 13.8 Å². The van der Waals surface area contributed by atoms with Gasteiger partial charge >= 0.3 is 17.7 Å². The summed E-state index contributed by atoms with van der Waals surface area (Å²) in [5, 5.41) is 30.8. The molecule has 4 N–H and O–H groups in total. The number of hydrogen-bond donors (Lipinski definition) is 4. The first kappa shape index (κ1) is 24.5. The molecule has 0 spiro atoms. The Kier molecular flexibility index (Phi) is 6.71. The number of benzene rings is 1. The molecule has 3 heterocycles. The molecule has 0 bridgehead atoms. The molecule has 1 saturated heterocycles. The maximum Gasteiger partial charge on any atom is 0.413 e. The molecule has 35 heavy (non-hydrogen) atoms. The largest absolute Gasteiger partial charge is 0.493 e. The van der Waals surface area contributed by atoms with Gasteiger partial charge in [-0.05, 0) is 29.8 Å². The van der Waals surface area contributed by atoms with Crippen molar-refractivity contribution in [3.63, 3.8) is 0 Å². The lowest BCUT2D eigenvalue weighted by molar-refractivity contribution is -0.140. The average molecular weight is 497 g/mol. The van der Waals surface area contributed by atoms with Crippen LogP contribution in [-0.4, -0.2) is 62.8 Å². The lowest BCUT2D eigenvalue weighted by atomic mass is 10.1. The number of alkyl halides is 2. The van der Waals surface area contributed by atoms with Gasteiger partial charge in [0.15, 0.2) is 24.0 Å². The van der Waals surface area contributed by atoms with E-state index in [1.807, 2.05) is 0 Å². The Labute approximate surface area is 195 Å². The monoisotopic (exact) mass is 497 g/mol. The number of anilines is 1. The van der Waals surface area contributed by atoms with Crippen LogP contribution in [0.2, 0.25) is 0 Å². The molecule has 1 aliphatic heterocycles. The van der Waals surface area contributed by atoms with E-state index in [1.54, 1.807) is 18.2 Å². The summed E-state index contributed by atoms with van der Waals surface area (Å²) in [6, 6.07) is 5.94. The number of halogens is 2. The minimum Gasteiger partial charge on any atom is -0.493 e. The maximum absolute atomic E-state index is 14.3. The second-order valence-corrected chi connectivity index (χ2v) is 7.62. The zero-order valence-corrected chi connectivity index (χ0v) is 18.2. The zero-order valence-electron chi connectivity index (χ0n) is 18.2. The minimum atomic E-state index is -3.86. The molecule has 4 rings (SSSR count). The van der Waals surface area contributed by atoms with Crippen LogP contribution in [0.25, 0.3) is 11.0 Å². The van der Waals surface area contributed by atoms with Crippen LogP contribution in [0.3, 0.4) is 0 Å². The van der Waals surface area contributed by atoms with Crippen molar-refractivity contribution >= 4 is 22.9 Å². The predicted molar refractivity (Wildman–Crippen MR) is 113 cm³/mol. The Morgan fingerprint density at radius 1 is 1.31 bits per heavy atom. The zero-order chi connectivity index (χ0) is 25.3. The van der Waals surface area contributed by atoms with Crippen LogP contribution in [-0.2, 0) is 22.7 Å². The summed E-state index contributed by atoms with van der Waals surface area (Å²) in [4.78, 5) is 27.9. The number of nitrogens with zero attached hydrogens (tertiary/aromatic N) is 2. The van der Waals surface area contributed by atoms with Crippen LogP contribution >= 0.6 is 0 Å². The Morgan fingerprint density at radius 2 is 2.09 bits per heavy atom. The lowest BCUT2D eigenvalue weighted by Crippen LogP contribution is -2.41. The van der Waals surface area contributed by atoms with E-state index in [-0.39, 0.29) is 24.8 Å². The first-order valence-corrected chi connectivity index (χ1v) is 10.2. The number of rotatable bonds is 7. The summed E-state index contributed by atoms with van der Waals surface area (Å²) >= 11 is 0. The topological polar surface area (TPSA) is 166 Å². The van der Waals surface area contributed by atoms with Gasteiger partial charge in [0, 0.05) is 11.6 Å². The van der Waals surface area contributed by atoms with Crippen molar-refractivity contribution in [3.05, 3.63) is 52.3 Å². The third kappa shape index (κ3) is 4.68. The Hall–Kier alpha value is -3.59. The third-order valence-corrected chi connectivity index (χ3v) is 5.31. The summed E-state index contributed by atoms with van der Waals surface area (Å²) in [6.45, 7) is -1.37. The molecule has 1 amide bonds. The quantitative estimate of drug-likeness (QED) is 0.372. The summed E-state index contributed by atoms with van der Waals surface area (Å²) in [6.07, 6.45) is -6.18. The van der Waals surface area contributed by atoms with Gasteiger partial charge in [0.1, 0.15) is 17.7 Å². The van der Waals surface area contributed by atoms with Crippen LogP contribution in [0.1, 0.15) is 17.6 Å². The fraction of sp³-hybridized carbons (Fsp3) is 0.381. The lowest BCUT2D eigenvalue weighted by Gasteiger charge is -2.21. The number of carbonyl (C=O) groups excluding carboxylic acids is 1. The molecule has 3 atom stereocenters. The van der Waals surface area contributed by atoms with Crippen LogP contribution in [0.15, 0.2) is 39.7 Å². The predicted octanol–water partition coefficient (Wildman–Crippen LogP) is 1.12. The number of ether oxygens (including phenoxy) is 3. The van der Waals surface area contributed by atoms with Crippen molar-refractivity contribution in [1.29, 1.82) is 0 Å². The molecule has 0 unspecified atom stereocenters. The molecule has 0 aliphatic carbocycles. The highest BCUT2D eigenvalue weighted by atomic mass is 19.3. The van der Waals surface area contributed by atoms with E-state index < -0.39 is 42.7 Å². The highest BCUT2D eigenvalue weighted by Gasteiger charge is 2.59. The number of aliphatic hydroxyl groups is 3. The number of aromatic nitrogens is 2. The fourth-order valence-electron chi connectivity index (χ4n) is 3.60. The number of furan rings is 1. The molecular formula is C21H21F2N3O9. The summed E-state index contributed by atoms with van der Waals surface area (Å²) in [5.74, 6) is -3.48. The summed E-state index contributed by atoms with van der Waals surface area (Å²) in [7, 11) is 1.44. The van der Waals surface area contributed by atoms with Crippen molar-refractivity contribution in [2.45, 2.75) is 37.6 Å². The smallest absolute Gasteiger partial charge is 0.413 e. The first-order valence-electron chi connectivity index (χ1n) is 10.2. The SMILES string of the molecule is COc1cc(CO)cc2cc(COC(=O)Nc3ccn([C@@H]4O[C@H](CO)[C@@H](O)C4(F)F)c(=O)n3)oc12. The van der Waals surface area contributed by atoms with Crippen LogP contribution in [0.4, 0.5) is 19.4 Å². The molecule has 3 aromatic rings. The fourth-order valence-corrected chi connectivity index (χ4v) is 3.60. The van der Waals surface area contributed by atoms with E-state index >= 15 is 0 Å². The summed E-state index contributed by atoms with van der Waals surface area (Å²) in [5.41, 5.74) is -0.195. The van der Waals surface area contributed by atoms with E-state index in [1.165, 1.54) is 7.11 Å². The van der Waals surface area contributed by atoms with E-state index in [2.05, 4.69) is 10.3 Å². The van der Waals surface area contributed by atoms with Gasteiger partial charge in [-0.1, -0.05) is 0 Å². The maximum atomic E-state index is 14.3. The standard InChI is InChI=1S/C21H21F2N3O9/c1-32-13-5-10(7-27)4-11-6-12(34-16(11)13)9-33-20(31)25-15-2-3-26(19(30)24-15)18-21(22,23)17(29)14(8-28)35-18/h2-6,14,17-18,27-29H,7-9H2,1H3,(H,24,25,30,31)/t14-,17-,18-/m1/s1. The van der Waals surface area contributed by atoms with Gasteiger partial charge in [-0.15, -0.1) is 0 Å². The van der Waals surface area contributed by atoms with Crippen molar-refractivity contribution in [2.75, 3.05) is 19.0 Å². The highest BCUT2D eigenvalue weighted by Crippen LogP contribution is 2.42. The van der Waals surface area contributed by atoms with Crippen molar-refractivity contribution in [2.24, 2.45) is 0 Å². The van der Waals surface area contributed by atoms with Crippen molar-refractivity contribution in [3.8, 4) is 5.75 Å². The average Bonchev–Trinajstić information content (AvgIpc) is 3.35. The van der Waals surface area contributed by atoms with Gasteiger partial charge in [0.05, 0.1) is 20.3 Å². The van der Waals surface area contributed by atoms with Gasteiger partial charge in [-0.3, -0.25) is 9.88 Å². The minimum absolute atomic E-state index is 0.204. The van der Waals surface area contributed by atoms with Crippen LogP contribution in [0, 0.1) is 0 Å². The highest BCUT2D eigenvalue weighted by molar-refractivity contribution is 5.85. The van der Waals surface area contributed by atoms with E-state index in [0.717, 1.165) is 12.3 Å². The molecule has 2 aromatic heterocycles. The van der Waals surface area contributed by atoms with Crippen LogP contribution < -0.4 is 15.7 Å². The van der Waals surface area contributed by atoms with Gasteiger partial charge in [0.25, 0.3) is 0 Å². The normalized spacial score (nSPS) is 21.3. The Balaban J connectivity index is 1.42. The molecule has 1 aliphatic rings. The molecule has 0 saturated carbocycles. The summed E-state index contributed by atoms with van der Waals surface area (Å²) < 4.78 is 49.7. The number of fused-ring (bicyclic) bond motifs is 1. The molecule has 188 valence electrons. The van der Waals surface area contributed by atoms with E-state index in [9.17, 15) is 28.6 Å². The number of nitrogens with one attached hydrogen (secondary N) is 1. The number of amides is 1. The van der Waals surface area contributed by atoms with Crippen molar-refractivity contribution < 1.29 is 47.5 Å². The van der Waals surface area contributed by atoms with E-state index in [0.29, 0.717) is 26.8 Å². The van der Waals surface area contributed by atoms with Gasteiger partial charge in [0.2, 0.25) is 6.23 Å². The van der Waals surface area contributed by atoms with Crippen molar-refractivity contribution in [1.82, 2.24) is 9.55 Å². The molecular weight excluding hydrogens is 476 g/mol. The Bertz CT molecular complexity index is 1290. The number of carbonyl (C=O) groups is 1. The first-order chi connectivity index (χ1) is 16.7. The third-order valence-electron chi connectivity index (χ3n) is 5.31. The second-order valence-electron chi connectivity index (χ2n) is 7.62. The number of hydrogen-bond acceptors (Lipinski definition) is 10. The molecule has 14 heteroatoms. The molecule has 0 radical (unpaired) electrons.